The van der Waals surface area contributed by atoms with Gasteiger partial charge in [-0.25, -0.2) is 5.84 Å². The van der Waals surface area contributed by atoms with Crippen molar-refractivity contribution in [2.24, 2.45) is 5.84 Å². The highest BCUT2D eigenvalue weighted by Gasteiger charge is 2.32. The molecule has 0 aromatic heterocycles. The van der Waals surface area contributed by atoms with Gasteiger partial charge in [-0.15, -0.1) is 6.42 Å². The van der Waals surface area contributed by atoms with Crippen molar-refractivity contribution in [2.45, 2.75) is 25.3 Å². The molecule has 0 radical (unpaired) electrons. The lowest BCUT2D eigenvalue weighted by Crippen LogP contribution is -2.53. The average Bonchev–Trinajstić information content (AvgIpc) is 2.53. The molecule has 1 saturated heterocycles. The van der Waals surface area contributed by atoms with Gasteiger partial charge >= 0.3 is 0 Å². The van der Waals surface area contributed by atoms with Crippen molar-refractivity contribution < 1.29 is 9.59 Å². The van der Waals surface area contributed by atoms with Crippen LogP contribution in [0.4, 0.5) is 0 Å². The molecule has 1 unspecified atom stereocenters. The highest BCUT2D eigenvalue weighted by atomic mass is 35.5. The van der Waals surface area contributed by atoms with Crippen LogP contribution in [0.2, 0.25) is 5.02 Å². The first-order valence-corrected chi connectivity index (χ1v) is 7.04. The first-order valence-electron chi connectivity index (χ1n) is 6.66. The molecule has 1 fully saturated rings. The summed E-state index contributed by atoms with van der Waals surface area (Å²) in [5.41, 5.74) is 3.06. The lowest BCUT2D eigenvalue weighted by atomic mass is 10.00. The highest BCUT2D eigenvalue weighted by Crippen LogP contribution is 2.22. The molecular weight excluding hydrogens is 290 g/mol. The van der Waals surface area contributed by atoms with Crippen LogP contribution in [0, 0.1) is 12.3 Å². The second kappa shape index (κ2) is 6.61. The second-order valence-electron chi connectivity index (χ2n) is 4.86. The van der Waals surface area contributed by atoms with E-state index >= 15 is 0 Å². The topological polar surface area (TPSA) is 75.4 Å². The van der Waals surface area contributed by atoms with E-state index in [1.54, 1.807) is 12.1 Å². The summed E-state index contributed by atoms with van der Waals surface area (Å²) in [5.74, 6) is 7.03. The summed E-state index contributed by atoms with van der Waals surface area (Å²) in [6.07, 6.45) is 7.65. The number of halogens is 1. The Morgan fingerprint density at radius 3 is 2.81 bits per heavy atom. The number of terminal acetylenes is 1. The molecule has 2 rings (SSSR count). The third-order valence-electron chi connectivity index (χ3n) is 3.58. The van der Waals surface area contributed by atoms with Crippen LogP contribution in [-0.2, 0) is 4.79 Å². The number of nitrogens with two attached hydrogens (primary N) is 1. The molecule has 0 aliphatic carbocycles. The van der Waals surface area contributed by atoms with Crippen LogP contribution in [0.5, 0.6) is 0 Å². The fraction of sp³-hybridized carbons (Fsp3) is 0.333. The lowest BCUT2D eigenvalue weighted by molar-refractivity contribution is -0.126. The van der Waals surface area contributed by atoms with E-state index in [1.165, 1.54) is 11.0 Å². The first-order chi connectivity index (χ1) is 10.1. The number of nitrogens with one attached hydrogen (secondary N) is 1. The minimum Gasteiger partial charge on any atom is -0.327 e. The van der Waals surface area contributed by atoms with Crippen LogP contribution in [0.15, 0.2) is 18.2 Å². The molecule has 2 amide bonds. The Hall–Kier alpha value is -2.03. The maximum absolute atomic E-state index is 12.6. The third kappa shape index (κ3) is 3.18. The van der Waals surface area contributed by atoms with Crippen molar-refractivity contribution in [3.63, 3.8) is 0 Å². The molecule has 1 aromatic carbocycles. The van der Waals surface area contributed by atoms with E-state index < -0.39 is 6.04 Å². The van der Waals surface area contributed by atoms with Crippen LogP contribution < -0.4 is 11.3 Å². The number of hydrogen-bond donors (Lipinski definition) is 2. The summed E-state index contributed by atoms with van der Waals surface area (Å²) < 4.78 is 0. The minimum atomic E-state index is -0.540. The summed E-state index contributed by atoms with van der Waals surface area (Å²) in [6.45, 7) is 0.519. The quantitative estimate of drug-likeness (QED) is 0.374. The number of nitrogens with zero attached hydrogens (tertiary/aromatic N) is 1. The predicted molar refractivity (Wildman–Crippen MR) is 80.4 cm³/mol. The van der Waals surface area contributed by atoms with Gasteiger partial charge in [0.15, 0.2) is 0 Å². The van der Waals surface area contributed by atoms with Gasteiger partial charge in [-0.05, 0) is 37.5 Å². The van der Waals surface area contributed by atoms with E-state index in [2.05, 4.69) is 11.3 Å². The van der Waals surface area contributed by atoms with Crippen molar-refractivity contribution in [2.75, 3.05) is 6.54 Å². The number of likely N-dealkylation sites (tertiary alicyclic amines) is 1. The maximum Gasteiger partial charge on any atom is 0.256 e. The average molecular weight is 306 g/mol. The normalized spacial score (nSPS) is 18.0. The fourth-order valence-corrected chi connectivity index (χ4v) is 2.71. The van der Waals surface area contributed by atoms with Crippen LogP contribution in [0.25, 0.3) is 0 Å². The third-order valence-corrected chi connectivity index (χ3v) is 3.89. The van der Waals surface area contributed by atoms with Gasteiger partial charge in [0, 0.05) is 17.7 Å². The lowest BCUT2D eigenvalue weighted by Gasteiger charge is -2.34. The van der Waals surface area contributed by atoms with Gasteiger partial charge < -0.3 is 4.90 Å². The van der Waals surface area contributed by atoms with Gasteiger partial charge in [-0.3, -0.25) is 15.0 Å². The predicted octanol–water partition coefficient (Wildman–Crippen LogP) is 1.31. The molecule has 0 saturated carbocycles. The molecule has 3 N–H and O–H groups in total. The van der Waals surface area contributed by atoms with E-state index in [9.17, 15) is 9.59 Å². The van der Waals surface area contributed by atoms with Crippen molar-refractivity contribution >= 4 is 23.4 Å². The molecule has 1 heterocycles. The number of amides is 2. The summed E-state index contributed by atoms with van der Waals surface area (Å²) in [5, 5.41) is 0.347. The van der Waals surface area contributed by atoms with Gasteiger partial charge in [0.25, 0.3) is 11.8 Å². The van der Waals surface area contributed by atoms with Crippen LogP contribution >= 0.6 is 11.6 Å². The zero-order chi connectivity index (χ0) is 15.4. The molecule has 0 bridgehead atoms. The molecule has 1 aliphatic heterocycles. The molecule has 110 valence electrons. The smallest absolute Gasteiger partial charge is 0.256 e. The number of piperidine rings is 1. The second-order valence-corrected chi connectivity index (χ2v) is 5.26. The summed E-state index contributed by atoms with van der Waals surface area (Å²) in [7, 11) is 0. The van der Waals surface area contributed by atoms with E-state index in [1.807, 2.05) is 0 Å². The zero-order valence-corrected chi connectivity index (χ0v) is 12.2. The number of rotatable bonds is 2. The monoisotopic (exact) mass is 305 g/mol. The first kappa shape index (κ1) is 15.4. The van der Waals surface area contributed by atoms with E-state index in [0.29, 0.717) is 29.1 Å². The SMILES string of the molecule is C#Cc1ccc(C(=O)N2CCCCC2C(=O)NN)cc1Cl. The van der Waals surface area contributed by atoms with Gasteiger partial charge in [0.05, 0.1) is 5.02 Å². The Balaban J connectivity index is 2.27. The van der Waals surface area contributed by atoms with E-state index in [4.69, 9.17) is 23.9 Å². The molecule has 5 nitrogen and oxygen atoms in total. The van der Waals surface area contributed by atoms with Crippen molar-refractivity contribution in [1.82, 2.24) is 10.3 Å². The number of carbonyl (C=O) groups excluding carboxylic acids is 2. The maximum atomic E-state index is 12.6. The van der Waals surface area contributed by atoms with Gasteiger partial charge in [0.1, 0.15) is 6.04 Å². The number of hydrogen-bond acceptors (Lipinski definition) is 3. The molecule has 0 spiro atoms. The van der Waals surface area contributed by atoms with Crippen LogP contribution in [0.1, 0.15) is 35.2 Å². The van der Waals surface area contributed by atoms with Gasteiger partial charge in [-0.1, -0.05) is 17.5 Å². The molecular formula is C15H16ClN3O2. The number of benzene rings is 1. The van der Waals surface area contributed by atoms with E-state index in [-0.39, 0.29) is 11.8 Å². The highest BCUT2D eigenvalue weighted by molar-refractivity contribution is 6.32. The molecule has 1 atom stereocenters. The molecule has 1 aromatic rings. The largest absolute Gasteiger partial charge is 0.327 e. The van der Waals surface area contributed by atoms with Crippen molar-refractivity contribution in [1.29, 1.82) is 0 Å². The molecule has 21 heavy (non-hydrogen) atoms. The minimum absolute atomic E-state index is 0.242. The summed E-state index contributed by atoms with van der Waals surface area (Å²) in [6, 6.07) is 4.24. The van der Waals surface area contributed by atoms with Crippen LogP contribution in [-0.4, -0.2) is 29.3 Å². The molecule has 1 aliphatic rings. The summed E-state index contributed by atoms with van der Waals surface area (Å²) >= 11 is 6.03. The fourth-order valence-electron chi connectivity index (χ4n) is 2.47. The Kier molecular flexibility index (Phi) is 4.84. The van der Waals surface area contributed by atoms with Crippen molar-refractivity contribution in [3.8, 4) is 12.3 Å². The van der Waals surface area contributed by atoms with Crippen molar-refractivity contribution in [3.05, 3.63) is 34.3 Å². The zero-order valence-electron chi connectivity index (χ0n) is 11.4. The van der Waals surface area contributed by atoms with Gasteiger partial charge in [0.2, 0.25) is 0 Å². The molecule has 6 heteroatoms. The number of hydrazine groups is 1. The Morgan fingerprint density at radius 2 is 2.19 bits per heavy atom. The summed E-state index contributed by atoms with van der Waals surface area (Å²) in [4.78, 5) is 25.9. The van der Waals surface area contributed by atoms with Gasteiger partial charge in [-0.2, -0.15) is 0 Å². The Morgan fingerprint density at radius 1 is 1.43 bits per heavy atom. The van der Waals surface area contributed by atoms with Crippen LogP contribution in [0.3, 0.4) is 0 Å². The Labute approximate surface area is 128 Å². The number of carbonyl (C=O) groups is 2. The van der Waals surface area contributed by atoms with E-state index in [0.717, 1.165) is 12.8 Å². The Bertz CT molecular complexity index is 609. The standard InChI is InChI=1S/C15H16ClN3O2/c1-2-10-6-7-11(9-12(10)16)15(21)19-8-4-3-5-13(19)14(20)18-17/h1,6-7,9,13H,3-5,8,17H2,(H,18,20).